The van der Waals surface area contributed by atoms with Crippen LogP contribution in [0.3, 0.4) is 0 Å². The number of halogens is 1. The summed E-state index contributed by atoms with van der Waals surface area (Å²) in [6.07, 6.45) is 2.61. The molecule has 2 nitrogen and oxygen atoms in total. The lowest BCUT2D eigenvalue weighted by Gasteiger charge is -2.17. The number of nitrogens with zero attached hydrogens (tertiary/aromatic N) is 1. The summed E-state index contributed by atoms with van der Waals surface area (Å²) in [5.41, 5.74) is -1.53. The summed E-state index contributed by atoms with van der Waals surface area (Å²) < 4.78 is 17.8. The molecule has 15 heavy (non-hydrogen) atoms. The van der Waals surface area contributed by atoms with Gasteiger partial charge >= 0.3 is 0 Å². The number of hydrogen-bond donors (Lipinski definition) is 0. The van der Waals surface area contributed by atoms with E-state index >= 15 is 0 Å². The fourth-order valence-corrected chi connectivity index (χ4v) is 1.14. The fraction of sp³-hybridized carbons (Fsp3) is 0.300. The van der Waals surface area contributed by atoms with Gasteiger partial charge in [0, 0.05) is 12.3 Å². The van der Waals surface area contributed by atoms with Gasteiger partial charge in [-0.2, -0.15) is 0 Å². The van der Waals surface area contributed by atoms with E-state index in [1.165, 1.54) is 0 Å². The number of benzene rings is 1. The van der Waals surface area contributed by atoms with Gasteiger partial charge in [-0.05, 0) is 18.6 Å². The molecule has 1 aromatic carbocycles. The molecule has 0 aliphatic heterocycles. The van der Waals surface area contributed by atoms with Crippen LogP contribution < -0.4 is 4.74 Å². The molecule has 0 bridgehead atoms. The molecule has 0 amide bonds. The van der Waals surface area contributed by atoms with Gasteiger partial charge < -0.3 is 4.74 Å². The number of rotatable bonds is 4. The second-order valence-corrected chi connectivity index (χ2v) is 3.80. The minimum absolute atomic E-state index is 0.348. The first-order valence-corrected chi connectivity index (χ1v) is 5.17. The van der Waals surface area contributed by atoms with Gasteiger partial charge in [0.2, 0.25) is 5.50 Å². The Kier molecular flexibility index (Phi) is 4.28. The van der Waals surface area contributed by atoms with E-state index in [2.05, 4.69) is 4.99 Å². The van der Waals surface area contributed by atoms with Gasteiger partial charge in [-0.3, -0.25) is 4.99 Å². The Bertz CT molecular complexity index is 352. The Hall–Kier alpha value is -0.885. The summed E-state index contributed by atoms with van der Waals surface area (Å²) in [4.78, 5) is 4.14. The third kappa shape index (κ3) is 4.94. The van der Waals surface area contributed by atoms with E-state index in [-0.39, 0.29) is 0 Å². The Morgan fingerprint density at radius 3 is 3.00 bits per heavy atom. The van der Waals surface area contributed by atoms with E-state index < -0.39 is 5.50 Å². The first-order chi connectivity index (χ1) is 7.01. The lowest BCUT2D eigenvalue weighted by atomic mass is 10.1. The predicted octanol–water partition coefficient (Wildman–Crippen LogP) is 2.80. The van der Waals surface area contributed by atoms with Crippen LogP contribution in [0, 0.1) is 0 Å². The molecule has 0 heterocycles. The number of hydrogen-bond acceptors (Lipinski definition) is 2. The van der Waals surface area contributed by atoms with Gasteiger partial charge in [0.15, 0.2) is 7.85 Å². The topological polar surface area (TPSA) is 21.6 Å². The molecule has 0 aliphatic rings. The van der Waals surface area contributed by atoms with E-state index in [1.54, 1.807) is 39.7 Å². The third-order valence-electron chi connectivity index (χ3n) is 1.51. The van der Waals surface area contributed by atoms with Gasteiger partial charge in [0.1, 0.15) is 5.75 Å². The quantitative estimate of drug-likeness (QED) is 0.436. The maximum Gasteiger partial charge on any atom is 0.208 e. The molecule has 2 atom stereocenters. The second-order valence-electron chi connectivity index (χ2n) is 3.02. The van der Waals surface area contributed by atoms with Gasteiger partial charge in [0.05, 0.1) is 5.69 Å². The molecular formula is C10H12BFNOP. The van der Waals surface area contributed by atoms with Crippen molar-refractivity contribution in [2.24, 2.45) is 4.99 Å². The highest BCUT2D eigenvalue weighted by Gasteiger charge is 2.16. The molecule has 2 unspecified atom stereocenters. The molecule has 0 saturated heterocycles. The molecule has 1 rings (SSSR count). The molecule has 0 aliphatic carbocycles. The summed E-state index contributed by atoms with van der Waals surface area (Å²) in [5, 5.41) is 0. The molecule has 0 aromatic heterocycles. The van der Waals surface area contributed by atoms with E-state index in [9.17, 15) is 4.39 Å². The van der Waals surface area contributed by atoms with E-state index in [0.717, 1.165) is 6.42 Å². The first kappa shape index (κ1) is 12.2. The van der Waals surface area contributed by atoms with Crippen LogP contribution in [0.15, 0.2) is 29.3 Å². The fourth-order valence-electron chi connectivity index (χ4n) is 1.00. The van der Waals surface area contributed by atoms with Gasteiger partial charge in [-0.1, -0.05) is 22.2 Å². The maximum absolute atomic E-state index is 12.9. The lowest BCUT2D eigenvalue weighted by Crippen LogP contribution is -2.21. The number of ether oxygens (including phenoxy) is 1. The van der Waals surface area contributed by atoms with Crippen molar-refractivity contribution in [1.82, 2.24) is 0 Å². The van der Waals surface area contributed by atoms with Crippen LogP contribution in [0.5, 0.6) is 5.75 Å². The SMILES string of the molecule is [B]C(F)(P)Oc1cccc(N=CCC)c1. The zero-order chi connectivity index (χ0) is 11.3. The van der Waals surface area contributed by atoms with Gasteiger partial charge in [-0.25, -0.2) is 4.39 Å². The highest BCUT2D eigenvalue weighted by molar-refractivity contribution is 7.21. The molecule has 0 N–H and O–H groups in total. The molecule has 1 aromatic rings. The maximum atomic E-state index is 12.9. The van der Waals surface area contributed by atoms with Crippen molar-refractivity contribution >= 4 is 29.0 Å². The summed E-state index contributed by atoms with van der Waals surface area (Å²) in [7, 11) is 6.82. The smallest absolute Gasteiger partial charge is 0.208 e. The molecule has 2 radical (unpaired) electrons. The van der Waals surface area contributed by atoms with Gasteiger partial charge in [-0.15, -0.1) is 0 Å². The Morgan fingerprint density at radius 2 is 2.40 bits per heavy atom. The molecule has 0 fully saturated rings. The highest BCUT2D eigenvalue weighted by atomic mass is 31.0. The van der Waals surface area contributed by atoms with Crippen molar-refractivity contribution < 1.29 is 9.13 Å². The Balaban J connectivity index is 2.79. The van der Waals surface area contributed by atoms with Crippen molar-refractivity contribution in [3.05, 3.63) is 24.3 Å². The standard InChI is InChI=1S/C10H12BFNOP/c1-2-6-13-8-4-3-5-9(7-8)14-10(11,12)15/h3-7H,2,15H2,1H3. The van der Waals surface area contributed by atoms with E-state index in [4.69, 9.17) is 12.6 Å². The van der Waals surface area contributed by atoms with Crippen LogP contribution >= 0.6 is 9.24 Å². The summed E-state index contributed by atoms with van der Waals surface area (Å²) in [6, 6.07) is 6.78. The average molecular weight is 223 g/mol. The minimum Gasteiger partial charge on any atom is -0.465 e. The Morgan fingerprint density at radius 1 is 1.67 bits per heavy atom. The van der Waals surface area contributed by atoms with E-state index in [1.807, 2.05) is 6.92 Å². The monoisotopic (exact) mass is 223 g/mol. The zero-order valence-corrected chi connectivity index (χ0v) is 9.64. The average Bonchev–Trinajstić information content (AvgIpc) is 2.12. The molecule has 0 spiro atoms. The zero-order valence-electron chi connectivity index (χ0n) is 8.48. The van der Waals surface area contributed by atoms with Crippen molar-refractivity contribution in [3.63, 3.8) is 0 Å². The van der Waals surface area contributed by atoms with Crippen molar-refractivity contribution in [1.29, 1.82) is 0 Å². The van der Waals surface area contributed by atoms with Gasteiger partial charge in [0.25, 0.3) is 0 Å². The van der Waals surface area contributed by atoms with Crippen molar-refractivity contribution in [2.45, 2.75) is 18.8 Å². The van der Waals surface area contributed by atoms with Crippen LogP contribution in [0.2, 0.25) is 0 Å². The minimum atomic E-state index is -2.24. The molecule has 78 valence electrons. The second kappa shape index (κ2) is 5.27. The number of aliphatic imine (C=N–C) groups is 1. The predicted molar refractivity (Wildman–Crippen MR) is 64.8 cm³/mol. The summed E-state index contributed by atoms with van der Waals surface area (Å²) >= 11 is 0. The van der Waals surface area contributed by atoms with E-state index in [0.29, 0.717) is 11.4 Å². The molecule has 0 saturated carbocycles. The third-order valence-corrected chi connectivity index (χ3v) is 1.63. The lowest BCUT2D eigenvalue weighted by molar-refractivity contribution is 0.110. The molecular weight excluding hydrogens is 211 g/mol. The normalized spacial score (nSPS) is 15.1. The first-order valence-electron chi connectivity index (χ1n) is 4.59. The van der Waals surface area contributed by atoms with Crippen LogP contribution in [0.1, 0.15) is 13.3 Å². The van der Waals surface area contributed by atoms with Crippen molar-refractivity contribution in [3.8, 4) is 5.75 Å². The molecule has 5 heteroatoms. The van der Waals surface area contributed by atoms with Crippen molar-refractivity contribution in [2.75, 3.05) is 0 Å². The van der Waals surface area contributed by atoms with Crippen LogP contribution in [-0.4, -0.2) is 19.6 Å². The van der Waals surface area contributed by atoms with Crippen LogP contribution in [-0.2, 0) is 0 Å². The van der Waals surface area contributed by atoms with Crippen LogP contribution in [0.4, 0.5) is 10.1 Å². The highest BCUT2D eigenvalue weighted by Crippen LogP contribution is 2.26. The van der Waals surface area contributed by atoms with Crippen LogP contribution in [0.25, 0.3) is 0 Å². The summed E-state index contributed by atoms with van der Waals surface area (Å²) in [5.74, 6) is 0.348. The Labute approximate surface area is 92.5 Å². The number of alkyl halides is 1. The largest absolute Gasteiger partial charge is 0.465 e. The summed E-state index contributed by atoms with van der Waals surface area (Å²) in [6.45, 7) is 1.99.